The van der Waals surface area contributed by atoms with E-state index in [0.29, 0.717) is 6.54 Å². The fourth-order valence-corrected chi connectivity index (χ4v) is 2.09. The zero-order valence-corrected chi connectivity index (χ0v) is 10.5. The summed E-state index contributed by atoms with van der Waals surface area (Å²) in [5, 5.41) is 8.84. The van der Waals surface area contributed by atoms with Crippen molar-refractivity contribution in [1.29, 1.82) is 0 Å². The van der Waals surface area contributed by atoms with Crippen LogP contribution < -0.4 is 10.5 Å². The predicted molar refractivity (Wildman–Crippen MR) is 66.5 cm³/mol. The third kappa shape index (κ3) is 3.20. The van der Waals surface area contributed by atoms with E-state index in [2.05, 4.69) is 0 Å². The quantitative estimate of drug-likeness (QED) is 0.819. The predicted octanol–water partition coefficient (Wildman–Crippen LogP) is 1.83. The molecule has 0 heterocycles. The number of hydrogen-bond donors (Lipinski definition) is 2. The number of hydrogen-bond acceptors (Lipinski definition) is 3. The van der Waals surface area contributed by atoms with E-state index in [-0.39, 0.29) is 12.3 Å². The Morgan fingerprint density at radius 1 is 1.41 bits per heavy atom. The minimum absolute atomic E-state index is 0.0573. The molecule has 1 aromatic carbocycles. The fraction of sp³-hybridized carbons (Fsp3) is 0.462. The minimum atomic E-state index is -0.827. The van der Waals surface area contributed by atoms with Gasteiger partial charge in [0.1, 0.15) is 5.75 Å². The molecule has 1 rings (SSSR count). The molecule has 0 aliphatic heterocycles. The SMILES string of the molecule is COc1c(C)cc(C(CN)CC(=O)O)cc1C. The van der Waals surface area contributed by atoms with Crippen LogP contribution in [0.4, 0.5) is 0 Å². The second kappa shape index (κ2) is 5.68. The van der Waals surface area contributed by atoms with Crippen LogP contribution in [0.2, 0.25) is 0 Å². The van der Waals surface area contributed by atoms with E-state index >= 15 is 0 Å². The lowest BCUT2D eigenvalue weighted by Gasteiger charge is -2.17. The maximum absolute atomic E-state index is 10.8. The third-order valence-electron chi connectivity index (χ3n) is 2.86. The third-order valence-corrected chi connectivity index (χ3v) is 2.86. The summed E-state index contributed by atoms with van der Waals surface area (Å²) in [6.45, 7) is 4.23. The van der Waals surface area contributed by atoms with Crippen molar-refractivity contribution in [3.05, 3.63) is 28.8 Å². The lowest BCUT2D eigenvalue weighted by atomic mass is 9.92. The van der Waals surface area contributed by atoms with Gasteiger partial charge in [-0.1, -0.05) is 12.1 Å². The first-order chi connectivity index (χ1) is 7.99. The lowest BCUT2D eigenvalue weighted by Crippen LogP contribution is -2.16. The van der Waals surface area contributed by atoms with Crippen molar-refractivity contribution in [2.45, 2.75) is 26.2 Å². The Hall–Kier alpha value is -1.55. The van der Waals surface area contributed by atoms with Crippen LogP contribution in [0.1, 0.15) is 29.0 Å². The number of aliphatic carboxylic acids is 1. The number of carboxylic acids is 1. The molecule has 0 spiro atoms. The van der Waals surface area contributed by atoms with E-state index in [9.17, 15) is 4.79 Å². The molecular formula is C13H19NO3. The largest absolute Gasteiger partial charge is 0.496 e. The normalized spacial score (nSPS) is 12.2. The highest BCUT2D eigenvalue weighted by atomic mass is 16.5. The van der Waals surface area contributed by atoms with Crippen LogP contribution in [0.5, 0.6) is 5.75 Å². The van der Waals surface area contributed by atoms with Crippen molar-refractivity contribution in [2.75, 3.05) is 13.7 Å². The first kappa shape index (κ1) is 13.5. The van der Waals surface area contributed by atoms with Crippen LogP contribution in [0.3, 0.4) is 0 Å². The van der Waals surface area contributed by atoms with Gasteiger partial charge in [-0.15, -0.1) is 0 Å². The highest BCUT2D eigenvalue weighted by molar-refractivity contribution is 5.68. The summed E-state index contributed by atoms with van der Waals surface area (Å²) in [6.07, 6.45) is 0.0573. The molecule has 0 amide bonds. The van der Waals surface area contributed by atoms with Gasteiger partial charge in [0.25, 0.3) is 0 Å². The van der Waals surface area contributed by atoms with E-state index in [1.807, 2.05) is 26.0 Å². The molecule has 0 saturated heterocycles. The highest BCUT2D eigenvalue weighted by Gasteiger charge is 2.16. The lowest BCUT2D eigenvalue weighted by molar-refractivity contribution is -0.137. The molecule has 0 aromatic heterocycles. The molecule has 4 nitrogen and oxygen atoms in total. The van der Waals surface area contributed by atoms with Crippen molar-refractivity contribution in [3.63, 3.8) is 0 Å². The van der Waals surface area contributed by atoms with E-state index in [4.69, 9.17) is 15.6 Å². The van der Waals surface area contributed by atoms with Gasteiger partial charge in [0, 0.05) is 5.92 Å². The van der Waals surface area contributed by atoms with Crippen molar-refractivity contribution >= 4 is 5.97 Å². The number of benzene rings is 1. The van der Waals surface area contributed by atoms with Gasteiger partial charge >= 0.3 is 5.97 Å². The Morgan fingerprint density at radius 3 is 2.29 bits per heavy atom. The Balaban J connectivity index is 3.09. The number of rotatable bonds is 5. The summed E-state index contributed by atoms with van der Waals surface area (Å²) in [4.78, 5) is 10.8. The van der Waals surface area contributed by atoms with Gasteiger partial charge in [0.2, 0.25) is 0 Å². The topological polar surface area (TPSA) is 72.5 Å². The zero-order valence-electron chi connectivity index (χ0n) is 10.5. The maximum Gasteiger partial charge on any atom is 0.304 e. The van der Waals surface area contributed by atoms with Gasteiger partial charge in [-0.25, -0.2) is 0 Å². The van der Waals surface area contributed by atoms with E-state index < -0.39 is 5.97 Å². The Morgan fingerprint density at radius 2 is 1.94 bits per heavy atom. The highest BCUT2D eigenvalue weighted by Crippen LogP contribution is 2.28. The van der Waals surface area contributed by atoms with Crippen LogP contribution in [0.25, 0.3) is 0 Å². The Kier molecular flexibility index (Phi) is 4.52. The second-order valence-electron chi connectivity index (χ2n) is 4.22. The van der Waals surface area contributed by atoms with Crippen LogP contribution in [0.15, 0.2) is 12.1 Å². The summed E-state index contributed by atoms with van der Waals surface area (Å²) in [7, 11) is 1.63. The molecule has 0 aliphatic carbocycles. The molecule has 0 aliphatic rings. The van der Waals surface area contributed by atoms with E-state index in [0.717, 1.165) is 22.4 Å². The molecule has 0 saturated carbocycles. The summed E-state index contributed by atoms with van der Waals surface area (Å²) >= 11 is 0. The van der Waals surface area contributed by atoms with Crippen LogP contribution in [0, 0.1) is 13.8 Å². The minimum Gasteiger partial charge on any atom is -0.496 e. The molecule has 0 fully saturated rings. The van der Waals surface area contributed by atoms with Crippen molar-refractivity contribution in [2.24, 2.45) is 5.73 Å². The van der Waals surface area contributed by atoms with Gasteiger partial charge in [0.15, 0.2) is 0 Å². The van der Waals surface area contributed by atoms with Gasteiger partial charge in [0.05, 0.1) is 13.5 Å². The van der Waals surface area contributed by atoms with Crippen molar-refractivity contribution in [3.8, 4) is 5.75 Å². The number of ether oxygens (including phenoxy) is 1. The average Bonchev–Trinajstić information content (AvgIpc) is 2.25. The van der Waals surface area contributed by atoms with Crippen LogP contribution >= 0.6 is 0 Å². The Labute approximate surface area is 101 Å². The van der Waals surface area contributed by atoms with Gasteiger partial charge < -0.3 is 15.6 Å². The summed E-state index contributed by atoms with van der Waals surface area (Å²) < 4.78 is 5.28. The first-order valence-corrected chi connectivity index (χ1v) is 5.56. The average molecular weight is 237 g/mol. The van der Waals surface area contributed by atoms with Crippen LogP contribution in [-0.2, 0) is 4.79 Å². The van der Waals surface area contributed by atoms with E-state index in [1.54, 1.807) is 7.11 Å². The summed E-state index contributed by atoms with van der Waals surface area (Å²) in [5.41, 5.74) is 8.60. The summed E-state index contributed by atoms with van der Waals surface area (Å²) in [5.74, 6) is -0.123. The molecule has 0 radical (unpaired) electrons. The molecule has 94 valence electrons. The molecule has 1 unspecified atom stereocenters. The van der Waals surface area contributed by atoms with E-state index in [1.165, 1.54) is 0 Å². The monoisotopic (exact) mass is 237 g/mol. The molecule has 1 atom stereocenters. The first-order valence-electron chi connectivity index (χ1n) is 5.56. The molecule has 17 heavy (non-hydrogen) atoms. The number of aryl methyl sites for hydroxylation is 2. The number of nitrogens with two attached hydrogens (primary N) is 1. The fourth-order valence-electron chi connectivity index (χ4n) is 2.09. The maximum atomic E-state index is 10.8. The van der Waals surface area contributed by atoms with Crippen molar-refractivity contribution < 1.29 is 14.6 Å². The molecular weight excluding hydrogens is 218 g/mol. The smallest absolute Gasteiger partial charge is 0.304 e. The van der Waals surface area contributed by atoms with Gasteiger partial charge in [-0.3, -0.25) is 4.79 Å². The second-order valence-corrected chi connectivity index (χ2v) is 4.22. The number of carboxylic acid groups (broad SMARTS) is 1. The van der Waals surface area contributed by atoms with Gasteiger partial charge in [-0.05, 0) is 37.1 Å². The zero-order chi connectivity index (χ0) is 13.0. The Bertz CT molecular complexity index is 392. The van der Waals surface area contributed by atoms with Crippen molar-refractivity contribution in [1.82, 2.24) is 0 Å². The molecule has 1 aromatic rings. The molecule has 4 heteroatoms. The molecule has 3 N–H and O–H groups in total. The number of carbonyl (C=O) groups is 1. The molecule has 0 bridgehead atoms. The standard InChI is InChI=1S/C13H19NO3/c1-8-4-10(5-9(2)13(8)17-3)11(7-14)6-12(15)16/h4-5,11H,6-7,14H2,1-3H3,(H,15,16). The van der Waals surface area contributed by atoms with Crippen LogP contribution in [-0.4, -0.2) is 24.7 Å². The summed E-state index contributed by atoms with van der Waals surface area (Å²) in [6, 6.07) is 3.90. The van der Waals surface area contributed by atoms with Gasteiger partial charge in [-0.2, -0.15) is 0 Å². The number of methoxy groups -OCH3 is 1.